The molecule has 0 spiro atoms. The van der Waals surface area contributed by atoms with Crippen molar-refractivity contribution in [1.82, 2.24) is 30.2 Å². The maximum Gasteiger partial charge on any atom is 0.413 e. The first-order valence-corrected chi connectivity index (χ1v) is 23.1. The molecular formula is C49H52ClN7O9. The number of nitrogens with one attached hydrogen (secondary N) is 2. The molecule has 0 unspecified atom stereocenters. The Kier molecular flexibility index (Phi) is 12.1. The predicted octanol–water partition coefficient (Wildman–Crippen LogP) is 7.87. The Morgan fingerprint density at radius 3 is 2.47 bits per heavy atom. The van der Waals surface area contributed by atoms with Crippen molar-refractivity contribution in [3.8, 4) is 45.8 Å². The molecule has 3 amide bonds. The summed E-state index contributed by atoms with van der Waals surface area (Å²) in [5.41, 5.74) is 4.96. The lowest BCUT2D eigenvalue weighted by Gasteiger charge is -2.43. The number of ether oxygens (including phenoxy) is 6. The highest BCUT2D eigenvalue weighted by molar-refractivity contribution is 6.31. The van der Waals surface area contributed by atoms with E-state index in [4.69, 9.17) is 45.1 Å². The van der Waals surface area contributed by atoms with E-state index in [1.165, 1.54) is 6.33 Å². The molecule has 5 aromatic rings. The van der Waals surface area contributed by atoms with Crippen molar-refractivity contribution in [2.24, 2.45) is 22.9 Å². The number of aromatic nitrogens is 3. The van der Waals surface area contributed by atoms with Gasteiger partial charge in [0.1, 0.15) is 29.3 Å². The first kappa shape index (κ1) is 43.3. The summed E-state index contributed by atoms with van der Waals surface area (Å²) < 4.78 is 35.1. The highest BCUT2D eigenvalue weighted by Crippen LogP contribution is 2.49. The van der Waals surface area contributed by atoms with Crippen LogP contribution < -0.4 is 33.7 Å². The number of halogens is 1. The molecule has 2 N–H and O–H groups in total. The molecule has 2 aromatic heterocycles. The zero-order valence-corrected chi connectivity index (χ0v) is 37.9. The molecule has 0 radical (unpaired) electrons. The quantitative estimate of drug-likeness (QED) is 0.117. The highest BCUT2D eigenvalue weighted by atomic mass is 35.5. The molecule has 2 aliphatic carbocycles. The lowest BCUT2D eigenvalue weighted by atomic mass is 9.73. The van der Waals surface area contributed by atoms with Gasteiger partial charge in [0.15, 0.2) is 28.7 Å². The SMILES string of the molecule is COc1ccc(C2=NN(C3CCN(C(=O)[C@@H](Cc4ccccc4Cl)NC(=O)Oc4c(C)[nH]c5c(-c6c(OCC7CC7)ccc7c6OCO7)ncnc45)CC3)C(=O)[C@@H]3CCCC[C@H]23)cc1OC. The molecule has 0 bridgehead atoms. The number of methoxy groups -OCH3 is 2. The van der Waals surface area contributed by atoms with Gasteiger partial charge in [0, 0.05) is 41.9 Å². The van der Waals surface area contributed by atoms with E-state index in [1.54, 1.807) is 37.1 Å². The van der Waals surface area contributed by atoms with E-state index < -0.39 is 12.1 Å². The van der Waals surface area contributed by atoms with E-state index in [0.29, 0.717) is 106 Å². The predicted molar refractivity (Wildman–Crippen MR) is 244 cm³/mol. The number of hydrazone groups is 1. The molecule has 344 valence electrons. The zero-order valence-electron chi connectivity index (χ0n) is 37.1. The van der Waals surface area contributed by atoms with Gasteiger partial charge in [-0.15, -0.1) is 0 Å². The molecule has 5 heterocycles. The van der Waals surface area contributed by atoms with Crippen molar-refractivity contribution in [1.29, 1.82) is 0 Å². The van der Waals surface area contributed by atoms with Crippen LogP contribution in [0, 0.1) is 24.7 Å². The van der Waals surface area contributed by atoms with Gasteiger partial charge < -0.3 is 43.6 Å². The maximum absolute atomic E-state index is 14.6. The van der Waals surface area contributed by atoms with Crippen molar-refractivity contribution in [2.75, 3.05) is 40.7 Å². The Labute approximate surface area is 386 Å². The Bertz CT molecular complexity index is 2710. The number of amides is 3. The minimum atomic E-state index is -1.03. The van der Waals surface area contributed by atoms with Crippen molar-refractivity contribution in [2.45, 2.75) is 76.8 Å². The molecule has 3 aliphatic heterocycles. The van der Waals surface area contributed by atoms with E-state index in [-0.39, 0.29) is 48.7 Å². The van der Waals surface area contributed by atoms with Crippen LogP contribution in [0.1, 0.15) is 68.2 Å². The lowest BCUT2D eigenvalue weighted by molar-refractivity contribution is -0.143. The summed E-state index contributed by atoms with van der Waals surface area (Å²) in [5.74, 6) is 3.17. The molecule has 2 saturated carbocycles. The number of carbonyl (C=O) groups is 3. The van der Waals surface area contributed by atoms with Crippen LogP contribution in [0.4, 0.5) is 4.79 Å². The summed E-state index contributed by atoms with van der Waals surface area (Å²) in [4.78, 5) is 57.0. The number of aromatic amines is 1. The van der Waals surface area contributed by atoms with Gasteiger partial charge in [-0.1, -0.05) is 42.6 Å². The fourth-order valence-electron chi connectivity index (χ4n) is 9.80. The van der Waals surface area contributed by atoms with Gasteiger partial charge in [0.05, 0.1) is 49.4 Å². The van der Waals surface area contributed by atoms with Crippen LogP contribution in [-0.2, 0) is 16.0 Å². The molecular weight excluding hydrogens is 866 g/mol. The lowest BCUT2D eigenvalue weighted by Crippen LogP contribution is -2.56. The fourth-order valence-corrected chi connectivity index (χ4v) is 10.0. The van der Waals surface area contributed by atoms with Gasteiger partial charge in [-0.2, -0.15) is 5.10 Å². The molecule has 5 aliphatic rings. The normalized spacial score (nSPS) is 19.8. The van der Waals surface area contributed by atoms with Gasteiger partial charge >= 0.3 is 6.09 Å². The number of fused-ring (bicyclic) bond motifs is 3. The average Bonchev–Trinajstić information content (AvgIpc) is 3.96. The second-order valence-electron chi connectivity index (χ2n) is 17.6. The van der Waals surface area contributed by atoms with Gasteiger partial charge in [-0.05, 0) is 93.3 Å². The number of nitrogens with zero attached hydrogens (tertiary/aromatic N) is 5. The van der Waals surface area contributed by atoms with Crippen LogP contribution in [0.5, 0.6) is 34.5 Å². The summed E-state index contributed by atoms with van der Waals surface area (Å²) >= 11 is 6.63. The van der Waals surface area contributed by atoms with E-state index >= 15 is 0 Å². The summed E-state index contributed by atoms with van der Waals surface area (Å²) in [6.45, 7) is 3.10. The first-order chi connectivity index (χ1) is 32.2. The largest absolute Gasteiger partial charge is 0.493 e. The van der Waals surface area contributed by atoms with Crippen LogP contribution in [0.2, 0.25) is 5.02 Å². The molecule has 17 heteroatoms. The number of piperidine rings is 1. The molecule has 3 atom stereocenters. The van der Waals surface area contributed by atoms with Gasteiger partial charge in [0.2, 0.25) is 18.6 Å². The third-order valence-corrected chi connectivity index (χ3v) is 13.8. The fraction of sp³-hybridized carbons (Fsp3) is 0.429. The Hall–Kier alpha value is -6.55. The van der Waals surface area contributed by atoms with E-state index in [0.717, 1.165) is 49.8 Å². The van der Waals surface area contributed by atoms with E-state index in [1.807, 2.05) is 48.5 Å². The molecule has 10 rings (SSSR count). The Morgan fingerprint density at radius 1 is 0.924 bits per heavy atom. The smallest absolute Gasteiger partial charge is 0.413 e. The number of benzene rings is 3. The summed E-state index contributed by atoms with van der Waals surface area (Å²) in [7, 11) is 3.21. The number of H-pyrrole nitrogens is 1. The second-order valence-corrected chi connectivity index (χ2v) is 18.0. The minimum absolute atomic E-state index is 0.0134. The van der Waals surface area contributed by atoms with Crippen LogP contribution in [0.15, 0.2) is 66.0 Å². The van der Waals surface area contributed by atoms with Crippen LogP contribution in [0.3, 0.4) is 0 Å². The number of hydrogen-bond donors (Lipinski definition) is 2. The van der Waals surface area contributed by atoms with Gasteiger partial charge in [0.25, 0.3) is 0 Å². The zero-order chi connectivity index (χ0) is 45.5. The Morgan fingerprint density at radius 2 is 1.70 bits per heavy atom. The van der Waals surface area contributed by atoms with Crippen molar-refractivity contribution >= 4 is 46.3 Å². The van der Waals surface area contributed by atoms with Crippen molar-refractivity contribution < 1.29 is 42.8 Å². The number of aryl methyl sites for hydroxylation is 1. The molecule has 3 aromatic carbocycles. The summed E-state index contributed by atoms with van der Waals surface area (Å²) in [6, 6.07) is 15.4. The third kappa shape index (κ3) is 8.42. The number of rotatable bonds is 13. The van der Waals surface area contributed by atoms with Crippen LogP contribution in [0.25, 0.3) is 22.3 Å². The first-order valence-electron chi connectivity index (χ1n) is 22.7. The number of carbonyl (C=O) groups excluding carboxylic acids is 3. The number of likely N-dealkylation sites (tertiary alicyclic amines) is 1. The molecule has 3 fully saturated rings. The van der Waals surface area contributed by atoms with E-state index in [2.05, 4.69) is 20.3 Å². The molecule has 1 saturated heterocycles. The standard InChI is InChI=1S/C49H52ClN7O9/c1-27-45(44-43(53-27)42(51-25-52-44)40-37(63-24-28-12-13-28)16-17-38-46(40)65-26-64-38)66-49(60)54-35(22-29-8-4-7-11-34(29)50)48(59)56-20-18-31(19-21-56)57-47(58)33-10-6-5-9-32(33)41(55-57)30-14-15-36(61-2)39(23-30)62-3/h4,7-8,11,14-17,23,25,28,31-33,35,53H,5-6,9-10,12-13,18-22,24,26H2,1-3H3,(H,54,60)/t32-,33+,35+/m0/s1. The Balaban J connectivity index is 0.878. The second kappa shape index (κ2) is 18.4. The number of hydrogen-bond acceptors (Lipinski definition) is 12. The van der Waals surface area contributed by atoms with Gasteiger partial charge in [-0.3, -0.25) is 9.59 Å². The van der Waals surface area contributed by atoms with E-state index in [9.17, 15) is 14.4 Å². The highest BCUT2D eigenvalue weighted by Gasteiger charge is 2.44. The van der Waals surface area contributed by atoms with Crippen molar-refractivity contribution in [3.63, 3.8) is 0 Å². The average molecular weight is 918 g/mol. The topological polar surface area (TPSA) is 179 Å². The maximum atomic E-state index is 14.6. The monoisotopic (exact) mass is 917 g/mol. The molecule has 66 heavy (non-hydrogen) atoms. The van der Waals surface area contributed by atoms with Crippen molar-refractivity contribution in [3.05, 3.63) is 82.8 Å². The van der Waals surface area contributed by atoms with Gasteiger partial charge in [-0.25, -0.2) is 19.8 Å². The third-order valence-electron chi connectivity index (χ3n) is 13.5. The summed E-state index contributed by atoms with van der Waals surface area (Å²) in [5, 5.41) is 10.1. The minimum Gasteiger partial charge on any atom is -0.493 e. The summed E-state index contributed by atoms with van der Waals surface area (Å²) in [6.07, 6.45) is 7.65. The van der Waals surface area contributed by atoms with Crippen LogP contribution in [-0.4, -0.2) is 101 Å². The van der Waals surface area contributed by atoms with Crippen LogP contribution >= 0.6 is 11.6 Å². The molecule has 16 nitrogen and oxygen atoms in total.